The van der Waals surface area contributed by atoms with Crippen LogP contribution in [0, 0.1) is 5.82 Å². The molecule has 0 aliphatic heterocycles. The Morgan fingerprint density at radius 2 is 1.70 bits per heavy atom. The quantitative estimate of drug-likeness (QED) is 0.521. The summed E-state index contributed by atoms with van der Waals surface area (Å²) < 4.78 is 23.4. The molecule has 9 heteroatoms. The van der Waals surface area contributed by atoms with Gasteiger partial charge in [0.15, 0.2) is 5.82 Å². The normalized spacial score (nSPS) is 13.4. The van der Waals surface area contributed by atoms with Crippen molar-refractivity contribution >= 4 is 5.91 Å². The van der Waals surface area contributed by atoms with Gasteiger partial charge >= 0.3 is 0 Å². The molecule has 1 aliphatic carbocycles. The van der Waals surface area contributed by atoms with Crippen LogP contribution in [-0.2, 0) is 6.54 Å². The highest BCUT2D eigenvalue weighted by atomic mass is 19.1. The number of carbonyl (C=O) groups excluding carboxylic acids is 1. The molecule has 2 aromatic heterocycles. The Hall–Kier alpha value is -3.88. The van der Waals surface area contributed by atoms with Crippen molar-refractivity contribution in [1.29, 1.82) is 0 Å². The van der Waals surface area contributed by atoms with Gasteiger partial charge in [0.25, 0.3) is 11.8 Å². The van der Waals surface area contributed by atoms with Crippen molar-refractivity contribution in [2.24, 2.45) is 0 Å². The van der Waals surface area contributed by atoms with E-state index in [1.54, 1.807) is 36.4 Å². The van der Waals surface area contributed by atoms with E-state index in [9.17, 15) is 9.18 Å². The van der Waals surface area contributed by atoms with Gasteiger partial charge in [0.05, 0.1) is 6.54 Å². The van der Waals surface area contributed by atoms with Gasteiger partial charge in [-0.15, -0.1) is 0 Å². The molecule has 1 amide bonds. The maximum absolute atomic E-state index is 13.0. The summed E-state index contributed by atoms with van der Waals surface area (Å²) >= 11 is 0. The van der Waals surface area contributed by atoms with Crippen LogP contribution in [0.4, 0.5) is 4.39 Å². The lowest BCUT2D eigenvalue weighted by atomic mass is 10.1. The number of amides is 1. The van der Waals surface area contributed by atoms with Crippen molar-refractivity contribution in [3.8, 4) is 22.8 Å². The van der Waals surface area contributed by atoms with Crippen LogP contribution in [0.3, 0.4) is 0 Å². The van der Waals surface area contributed by atoms with Gasteiger partial charge in [-0.1, -0.05) is 22.4 Å². The zero-order valence-corrected chi connectivity index (χ0v) is 15.7. The van der Waals surface area contributed by atoms with E-state index >= 15 is 0 Å². The van der Waals surface area contributed by atoms with Gasteiger partial charge in [-0.25, -0.2) is 4.39 Å². The first-order chi connectivity index (χ1) is 14.7. The summed E-state index contributed by atoms with van der Waals surface area (Å²) in [5.41, 5.74) is 1.86. The number of benzene rings is 2. The number of carbonyl (C=O) groups is 1. The minimum Gasteiger partial charge on any atom is -0.345 e. The second kappa shape index (κ2) is 7.51. The Balaban J connectivity index is 1.21. The minimum absolute atomic E-state index is 0.0981. The molecule has 0 radical (unpaired) electrons. The zero-order valence-electron chi connectivity index (χ0n) is 15.7. The van der Waals surface area contributed by atoms with Gasteiger partial charge in [-0.2, -0.15) is 9.97 Å². The first-order valence-electron chi connectivity index (χ1n) is 9.46. The molecule has 0 unspecified atom stereocenters. The summed E-state index contributed by atoms with van der Waals surface area (Å²) in [5.74, 6) is 1.54. The van der Waals surface area contributed by atoms with Crippen molar-refractivity contribution in [3.05, 3.63) is 71.6 Å². The molecule has 5 rings (SSSR count). The zero-order chi connectivity index (χ0) is 20.5. The Morgan fingerprint density at radius 3 is 2.43 bits per heavy atom. The van der Waals surface area contributed by atoms with E-state index < -0.39 is 0 Å². The van der Waals surface area contributed by atoms with E-state index in [0.29, 0.717) is 34.6 Å². The molecule has 0 atom stereocenters. The topological polar surface area (TPSA) is 107 Å². The van der Waals surface area contributed by atoms with E-state index in [1.807, 2.05) is 0 Å². The Kier molecular flexibility index (Phi) is 4.55. The molecule has 8 nitrogen and oxygen atoms in total. The largest absolute Gasteiger partial charge is 0.345 e. The molecule has 1 N–H and O–H groups in total. The first kappa shape index (κ1) is 18.2. The minimum atomic E-state index is -0.348. The Labute approximate surface area is 170 Å². The summed E-state index contributed by atoms with van der Waals surface area (Å²) in [6, 6.07) is 12.6. The molecule has 0 saturated heterocycles. The van der Waals surface area contributed by atoms with Gasteiger partial charge in [0.1, 0.15) is 5.82 Å². The fourth-order valence-corrected chi connectivity index (χ4v) is 2.92. The summed E-state index contributed by atoms with van der Waals surface area (Å²) in [6.45, 7) is 0.0981. The van der Waals surface area contributed by atoms with Gasteiger partial charge < -0.3 is 14.4 Å². The summed E-state index contributed by atoms with van der Waals surface area (Å²) in [5, 5.41) is 10.6. The van der Waals surface area contributed by atoms with Crippen LogP contribution in [0.5, 0.6) is 0 Å². The molecular weight excluding hydrogens is 389 g/mol. The van der Waals surface area contributed by atoms with Crippen molar-refractivity contribution in [2.45, 2.75) is 25.3 Å². The van der Waals surface area contributed by atoms with E-state index in [4.69, 9.17) is 9.05 Å². The Bertz CT molecular complexity index is 1180. The molecule has 0 bridgehead atoms. The SMILES string of the molecule is O=C(NCc1noc(-c2ccc(F)cc2)n1)c1ccc(-c2noc(C3CC3)n2)cc1. The predicted molar refractivity (Wildman–Crippen MR) is 103 cm³/mol. The highest BCUT2D eigenvalue weighted by Crippen LogP contribution is 2.39. The van der Waals surface area contributed by atoms with Gasteiger partial charge in [-0.05, 0) is 49.2 Å². The molecule has 2 heterocycles. The molecule has 1 saturated carbocycles. The summed E-state index contributed by atoms with van der Waals surface area (Å²) in [4.78, 5) is 21.0. The fourth-order valence-electron chi connectivity index (χ4n) is 2.92. The number of nitrogens with one attached hydrogen (secondary N) is 1. The number of aromatic nitrogens is 4. The van der Waals surface area contributed by atoms with Crippen LogP contribution in [0.1, 0.15) is 40.8 Å². The lowest BCUT2D eigenvalue weighted by Gasteiger charge is -2.03. The van der Waals surface area contributed by atoms with Crippen molar-refractivity contribution in [1.82, 2.24) is 25.6 Å². The van der Waals surface area contributed by atoms with E-state index in [0.717, 1.165) is 18.4 Å². The number of rotatable bonds is 6. The number of hydrogen-bond donors (Lipinski definition) is 1. The second-order valence-electron chi connectivity index (χ2n) is 7.01. The molecule has 150 valence electrons. The van der Waals surface area contributed by atoms with Gasteiger partial charge in [0, 0.05) is 22.6 Å². The number of halogens is 1. The first-order valence-corrected chi connectivity index (χ1v) is 9.46. The smallest absolute Gasteiger partial charge is 0.257 e. The Morgan fingerprint density at radius 1 is 0.967 bits per heavy atom. The van der Waals surface area contributed by atoms with Crippen molar-refractivity contribution < 1.29 is 18.2 Å². The molecule has 30 heavy (non-hydrogen) atoms. The average molecular weight is 405 g/mol. The molecule has 2 aromatic carbocycles. The van der Waals surface area contributed by atoms with Gasteiger partial charge in [0.2, 0.25) is 11.7 Å². The van der Waals surface area contributed by atoms with Crippen LogP contribution < -0.4 is 5.32 Å². The van der Waals surface area contributed by atoms with Crippen molar-refractivity contribution in [2.75, 3.05) is 0 Å². The highest BCUT2D eigenvalue weighted by molar-refractivity contribution is 5.94. The number of nitrogens with zero attached hydrogens (tertiary/aromatic N) is 4. The van der Waals surface area contributed by atoms with Crippen LogP contribution in [-0.4, -0.2) is 26.2 Å². The lowest BCUT2D eigenvalue weighted by Crippen LogP contribution is -2.23. The van der Waals surface area contributed by atoms with Gasteiger partial charge in [-0.3, -0.25) is 4.79 Å². The fraction of sp³-hybridized carbons (Fsp3) is 0.190. The third kappa shape index (κ3) is 3.82. The monoisotopic (exact) mass is 405 g/mol. The second-order valence-corrected chi connectivity index (χ2v) is 7.01. The molecule has 4 aromatic rings. The average Bonchev–Trinajstić information content (AvgIpc) is 3.31. The summed E-state index contributed by atoms with van der Waals surface area (Å²) in [7, 11) is 0. The maximum Gasteiger partial charge on any atom is 0.257 e. The van der Waals surface area contributed by atoms with E-state index in [-0.39, 0.29) is 24.2 Å². The molecule has 1 fully saturated rings. The van der Waals surface area contributed by atoms with Crippen molar-refractivity contribution in [3.63, 3.8) is 0 Å². The van der Waals surface area contributed by atoms with E-state index in [1.165, 1.54) is 12.1 Å². The standard InChI is InChI=1S/C21H16FN5O3/c22-16-9-7-15(8-10-16)20-24-17(26-29-20)11-23-19(28)13-3-1-12(2-4-13)18-25-21(30-27-18)14-5-6-14/h1-4,7-10,14H,5-6,11H2,(H,23,28). The summed E-state index contributed by atoms with van der Waals surface area (Å²) in [6.07, 6.45) is 2.18. The molecule has 0 spiro atoms. The predicted octanol–water partition coefficient (Wildman–Crippen LogP) is 3.73. The van der Waals surface area contributed by atoms with Crippen LogP contribution in [0.15, 0.2) is 57.6 Å². The lowest BCUT2D eigenvalue weighted by molar-refractivity contribution is 0.0949. The third-order valence-corrected chi connectivity index (χ3v) is 4.74. The highest BCUT2D eigenvalue weighted by Gasteiger charge is 2.29. The van der Waals surface area contributed by atoms with Crippen LogP contribution in [0.2, 0.25) is 0 Å². The maximum atomic E-state index is 13.0. The number of hydrogen-bond acceptors (Lipinski definition) is 7. The molecule has 1 aliphatic rings. The third-order valence-electron chi connectivity index (χ3n) is 4.74. The van der Waals surface area contributed by atoms with Crippen LogP contribution in [0.25, 0.3) is 22.8 Å². The van der Waals surface area contributed by atoms with E-state index in [2.05, 4.69) is 25.6 Å². The molecular formula is C21H16FN5O3. The van der Waals surface area contributed by atoms with Crippen LogP contribution >= 0.6 is 0 Å².